The molecular formula is C15H16N2O3. The maximum atomic E-state index is 12.1. The fourth-order valence-corrected chi connectivity index (χ4v) is 2.29. The Balaban J connectivity index is 1.67. The van der Waals surface area contributed by atoms with Gasteiger partial charge in [-0.05, 0) is 37.6 Å². The number of rotatable bonds is 3. The van der Waals surface area contributed by atoms with E-state index in [-0.39, 0.29) is 12.7 Å². The number of amides is 1. The molecule has 2 aromatic rings. The number of aromatic nitrogens is 1. The summed E-state index contributed by atoms with van der Waals surface area (Å²) in [6, 6.07) is 7.51. The Morgan fingerprint density at radius 2 is 2.05 bits per heavy atom. The molecule has 3 rings (SSSR count). The number of aromatic amines is 1. The second-order valence-corrected chi connectivity index (χ2v) is 4.86. The van der Waals surface area contributed by atoms with E-state index in [0.717, 1.165) is 28.5 Å². The number of fused-ring (bicyclic) bond motifs is 1. The van der Waals surface area contributed by atoms with Gasteiger partial charge in [0.25, 0.3) is 5.91 Å². The van der Waals surface area contributed by atoms with Crippen LogP contribution in [0.1, 0.15) is 27.3 Å². The summed E-state index contributed by atoms with van der Waals surface area (Å²) in [5, 5.41) is 2.91. The lowest BCUT2D eigenvalue weighted by atomic mass is 10.2. The highest BCUT2D eigenvalue weighted by Gasteiger charge is 2.14. The average molecular weight is 272 g/mol. The van der Waals surface area contributed by atoms with Crippen LogP contribution < -0.4 is 14.8 Å². The zero-order valence-corrected chi connectivity index (χ0v) is 11.4. The third-order valence-electron chi connectivity index (χ3n) is 3.28. The zero-order valence-electron chi connectivity index (χ0n) is 11.4. The molecule has 0 aliphatic carbocycles. The molecular weight excluding hydrogens is 256 g/mol. The summed E-state index contributed by atoms with van der Waals surface area (Å²) in [5.41, 5.74) is 3.53. The fraction of sp³-hybridized carbons (Fsp3) is 0.267. The van der Waals surface area contributed by atoms with E-state index >= 15 is 0 Å². The molecule has 1 amide bonds. The van der Waals surface area contributed by atoms with Crippen molar-refractivity contribution in [3.05, 3.63) is 46.8 Å². The zero-order chi connectivity index (χ0) is 14.1. The average Bonchev–Trinajstić information content (AvgIpc) is 3.01. The third-order valence-corrected chi connectivity index (χ3v) is 3.28. The Kier molecular flexibility index (Phi) is 3.10. The van der Waals surface area contributed by atoms with Crippen molar-refractivity contribution in [1.82, 2.24) is 10.3 Å². The first kappa shape index (κ1) is 12.6. The van der Waals surface area contributed by atoms with Gasteiger partial charge in [-0.2, -0.15) is 0 Å². The Morgan fingerprint density at radius 3 is 2.80 bits per heavy atom. The normalized spacial score (nSPS) is 12.5. The van der Waals surface area contributed by atoms with Crippen LogP contribution in [-0.2, 0) is 6.54 Å². The van der Waals surface area contributed by atoms with Crippen LogP contribution in [0.3, 0.4) is 0 Å². The highest BCUT2D eigenvalue weighted by molar-refractivity contribution is 5.95. The summed E-state index contributed by atoms with van der Waals surface area (Å²) in [6.07, 6.45) is 0. The van der Waals surface area contributed by atoms with Crippen molar-refractivity contribution in [2.75, 3.05) is 6.79 Å². The molecule has 5 nitrogen and oxygen atoms in total. The number of carbonyl (C=O) groups is 1. The monoisotopic (exact) mass is 272 g/mol. The molecule has 0 saturated carbocycles. The first-order valence-corrected chi connectivity index (χ1v) is 6.46. The van der Waals surface area contributed by atoms with Crippen LogP contribution >= 0.6 is 0 Å². The SMILES string of the molecule is Cc1cc(C(=O)NCc2ccc3c(c2)OCO3)c(C)[nH]1. The maximum absolute atomic E-state index is 12.1. The van der Waals surface area contributed by atoms with Crippen molar-refractivity contribution in [2.45, 2.75) is 20.4 Å². The molecule has 0 saturated heterocycles. The van der Waals surface area contributed by atoms with Crippen LogP contribution in [0.5, 0.6) is 11.5 Å². The number of H-pyrrole nitrogens is 1. The molecule has 1 aromatic heterocycles. The molecule has 0 fully saturated rings. The van der Waals surface area contributed by atoms with Gasteiger partial charge in [-0.15, -0.1) is 0 Å². The third kappa shape index (κ3) is 2.34. The highest BCUT2D eigenvalue weighted by Crippen LogP contribution is 2.32. The summed E-state index contributed by atoms with van der Waals surface area (Å²) in [4.78, 5) is 15.2. The Bertz CT molecular complexity index is 661. The second kappa shape index (κ2) is 4.92. The largest absolute Gasteiger partial charge is 0.454 e. The minimum atomic E-state index is -0.0792. The maximum Gasteiger partial charge on any atom is 0.253 e. The predicted octanol–water partition coefficient (Wildman–Crippen LogP) is 2.29. The quantitative estimate of drug-likeness (QED) is 0.901. The lowest BCUT2D eigenvalue weighted by Crippen LogP contribution is -2.23. The molecule has 0 radical (unpaired) electrons. The molecule has 0 spiro atoms. The topological polar surface area (TPSA) is 63.4 Å². The summed E-state index contributed by atoms with van der Waals surface area (Å²) in [7, 11) is 0. The predicted molar refractivity (Wildman–Crippen MR) is 74.0 cm³/mol. The second-order valence-electron chi connectivity index (χ2n) is 4.86. The molecule has 0 atom stereocenters. The molecule has 1 aliphatic rings. The molecule has 2 heterocycles. The minimum Gasteiger partial charge on any atom is -0.454 e. The molecule has 1 aromatic carbocycles. The highest BCUT2D eigenvalue weighted by atomic mass is 16.7. The number of carbonyl (C=O) groups excluding carboxylic acids is 1. The van der Waals surface area contributed by atoms with Crippen molar-refractivity contribution in [3.8, 4) is 11.5 Å². The Labute approximate surface area is 116 Å². The molecule has 104 valence electrons. The summed E-state index contributed by atoms with van der Waals surface area (Å²) in [6.45, 7) is 4.54. The number of benzene rings is 1. The number of aryl methyl sites for hydroxylation is 2. The van der Waals surface area contributed by atoms with Crippen molar-refractivity contribution in [2.24, 2.45) is 0 Å². The van der Waals surface area contributed by atoms with Crippen molar-refractivity contribution >= 4 is 5.91 Å². The first-order valence-electron chi connectivity index (χ1n) is 6.46. The van der Waals surface area contributed by atoms with Crippen LogP contribution in [0, 0.1) is 13.8 Å². The van der Waals surface area contributed by atoms with E-state index in [4.69, 9.17) is 9.47 Å². The molecule has 0 bridgehead atoms. The van der Waals surface area contributed by atoms with Gasteiger partial charge in [-0.1, -0.05) is 6.07 Å². The van der Waals surface area contributed by atoms with Gasteiger partial charge in [-0.3, -0.25) is 4.79 Å². The van der Waals surface area contributed by atoms with Gasteiger partial charge in [0.05, 0.1) is 5.56 Å². The van der Waals surface area contributed by atoms with Gasteiger partial charge < -0.3 is 19.8 Å². The fourth-order valence-electron chi connectivity index (χ4n) is 2.29. The molecule has 1 aliphatic heterocycles. The minimum absolute atomic E-state index is 0.0792. The molecule has 2 N–H and O–H groups in total. The van der Waals surface area contributed by atoms with E-state index in [1.165, 1.54) is 0 Å². The molecule has 20 heavy (non-hydrogen) atoms. The van der Waals surface area contributed by atoms with Crippen LogP contribution in [0.15, 0.2) is 24.3 Å². The molecule has 5 heteroatoms. The van der Waals surface area contributed by atoms with E-state index < -0.39 is 0 Å². The van der Waals surface area contributed by atoms with E-state index in [1.807, 2.05) is 38.1 Å². The van der Waals surface area contributed by atoms with Gasteiger partial charge in [0.2, 0.25) is 6.79 Å². The van der Waals surface area contributed by atoms with Crippen LogP contribution in [0.2, 0.25) is 0 Å². The lowest BCUT2D eigenvalue weighted by molar-refractivity contribution is 0.0950. The number of ether oxygens (including phenoxy) is 2. The van der Waals surface area contributed by atoms with E-state index in [2.05, 4.69) is 10.3 Å². The first-order chi connectivity index (χ1) is 9.63. The smallest absolute Gasteiger partial charge is 0.253 e. The summed E-state index contributed by atoms with van der Waals surface area (Å²) >= 11 is 0. The molecule has 0 unspecified atom stereocenters. The van der Waals surface area contributed by atoms with Crippen molar-refractivity contribution in [1.29, 1.82) is 0 Å². The van der Waals surface area contributed by atoms with E-state index in [0.29, 0.717) is 12.1 Å². The number of hydrogen-bond acceptors (Lipinski definition) is 3. The van der Waals surface area contributed by atoms with Gasteiger partial charge in [0, 0.05) is 17.9 Å². The Hall–Kier alpha value is -2.43. The summed E-state index contributed by atoms with van der Waals surface area (Å²) < 4.78 is 10.6. The van der Waals surface area contributed by atoms with Gasteiger partial charge in [0.15, 0.2) is 11.5 Å². The summed E-state index contributed by atoms with van der Waals surface area (Å²) in [5.74, 6) is 1.40. The number of hydrogen-bond donors (Lipinski definition) is 2. The van der Waals surface area contributed by atoms with E-state index in [9.17, 15) is 4.79 Å². The van der Waals surface area contributed by atoms with Crippen molar-refractivity contribution < 1.29 is 14.3 Å². The standard InChI is InChI=1S/C15H16N2O3/c1-9-5-12(10(2)17-9)15(18)16-7-11-3-4-13-14(6-11)20-8-19-13/h3-6,17H,7-8H2,1-2H3,(H,16,18). The Morgan fingerprint density at radius 1 is 1.25 bits per heavy atom. The van der Waals surface area contributed by atoms with E-state index in [1.54, 1.807) is 0 Å². The van der Waals surface area contributed by atoms with Crippen LogP contribution in [-0.4, -0.2) is 17.7 Å². The van der Waals surface area contributed by atoms with Gasteiger partial charge >= 0.3 is 0 Å². The van der Waals surface area contributed by atoms with Gasteiger partial charge in [-0.25, -0.2) is 0 Å². The van der Waals surface area contributed by atoms with Gasteiger partial charge in [0.1, 0.15) is 0 Å². The number of nitrogens with one attached hydrogen (secondary N) is 2. The van der Waals surface area contributed by atoms with Crippen molar-refractivity contribution in [3.63, 3.8) is 0 Å². The van der Waals surface area contributed by atoms with Crippen LogP contribution in [0.4, 0.5) is 0 Å². The lowest BCUT2D eigenvalue weighted by Gasteiger charge is -2.06. The van der Waals surface area contributed by atoms with Crippen LogP contribution in [0.25, 0.3) is 0 Å².